The number of hydrogen-bond donors (Lipinski definition) is 1. The van der Waals surface area contributed by atoms with Crippen molar-refractivity contribution in [3.63, 3.8) is 0 Å². The van der Waals surface area contributed by atoms with Crippen molar-refractivity contribution in [2.24, 2.45) is 5.41 Å². The zero-order valence-electron chi connectivity index (χ0n) is 15.7. The summed E-state index contributed by atoms with van der Waals surface area (Å²) in [6.45, 7) is 5.52. The van der Waals surface area contributed by atoms with Gasteiger partial charge in [0.25, 0.3) is 0 Å². The second kappa shape index (κ2) is 8.82. The largest absolute Gasteiger partial charge is 0.384 e. The molecule has 1 aromatic rings. The molecule has 6 heteroatoms. The van der Waals surface area contributed by atoms with Crippen LogP contribution < -0.4 is 5.32 Å². The minimum absolute atomic E-state index is 0.0380. The van der Waals surface area contributed by atoms with Gasteiger partial charge in [-0.25, -0.2) is 9.18 Å². The van der Waals surface area contributed by atoms with Crippen LogP contribution in [0.1, 0.15) is 31.2 Å². The minimum atomic E-state index is -0.204. The maximum atomic E-state index is 13.0. The van der Waals surface area contributed by atoms with E-state index in [1.165, 1.54) is 18.6 Å². The predicted molar refractivity (Wildman–Crippen MR) is 99.4 cm³/mol. The molecule has 0 radical (unpaired) electrons. The Bertz CT molecular complexity index is 589. The second-order valence-corrected chi connectivity index (χ2v) is 7.69. The molecule has 1 aromatic carbocycles. The SMILES string of the molecule is COCC1(CNC(=O)N2CCCN(Cc3ccc(F)cc3)CC2)CCC1. The van der Waals surface area contributed by atoms with Crippen LogP contribution in [0.5, 0.6) is 0 Å². The second-order valence-electron chi connectivity index (χ2n) is 7.69. The molecule has 144 valence electrons. The van der Waals surface area contributed by atoms with Gasteiger partial charge in [-0.3, -0.25) is 4.90 Å². The summed E-state index contributed by atoms with van der Waals surface area (Å²) in [5.74, 6) is -0.204. The third kappa shape index (κ3) is 4.95. The lowest BCUT2D eigenvalue weighted by Gasteiger charge is -2.41. The monoisotopic (exact) mass is 363 g/mol. The highest BCUT2D eigenvalue weighted by Crippen LogP contribution is 2.40. The van der Waals surface area contributed by atoms with Gasteiger partial charge in [-0.05, 0) is 37.0 Å². The van der Waals surface area contributed by atoms with Crippen molar-refractivity contribution in [1.29, 1.82) is 0 Å². The molecule has 0 unspecified atom stereocenters. The summed E-state index contributed by atoms with van der Waals surface area (Å²) in [5, 5.41) is 3.13. The minimum Gasteiger partial charge on any atom is -0.384 e. The standard InChI is InChI=1S/C20H30FN3O2/c1-26-16-20(8-2-9-20)15-22-19(25)24-11-3-10-23(12-13-24)14-17-4-6-18(21)7-5-17/h4-7H,2-3,8-16H2,1H3,(H,22,25). The number of nitrogens with one attached hydrogen (secondary N) is 1. The van der Waals surface area contributed by atoms with Crippen molar-refractivity contribution >= 4 is 6.03 Å². The van der Waals surface area contributed by atoms with E-state index in [2.05, 4.69) is 10.2 Å². The molecule has 1 aliphatic carbocycles. The number of urea groups is 1. The van der Waals surface area contributed by atoms with E-state index in [4.69, 9.17) is 4.74 Å². The molecule has 2 fully saturated rings. The number of halogens is 1. The number of hydrogen-bond acceptors (Lipinski definition) is 3. The molecule has 2 amide bonds. The maximum absolute atomic E-state index is 13.0. The number of carbonyl (C=O) groups excluding carboxylic acids is 1. The third-order valence-electron chi connectivity index (χ3n) is 5.67. The molecule has 26 heavy (non-hydrogen) atoms. The van der Waals surface area contributed by atoms with E-state index in [9.17, 15) is 9.18 Å². The predicted octanol–water partition coefficient (Wildman–Crippen LogP) is 2.86. The Morgan fingerprint density at radius 1 is 1.15 bits per heavy atom. The van der Waals surface area contributed by atoms with Crippen LogP contribution in [0, 0.1) is 11.2 Å². The molecular formula is C20H30FN3O2. The molecule has 1 aliphatic heterocycles. The third-order valence-corrected chi connectivity index (χ3v) is 5.67. The Hall–Kier alpha value is -1.66. The van der Waals surface area contributed by atoms with Gasteiger partial charge in [-0.1, -0.05) is 18.6 Å². The number of amides is 2. The van der Waals surface area contributed by atoms with Gasteiger partial charge in [-0.2, -0.15) is 0 Å². The Kier molecular flexibility index (Phi) is 6.48. The van der Waals surface area contributed by atoms with E-state index in [-0.39, 0.29) is 17.3 Å². The van der Waals surface area contributed by atoms with Crippen LogP contribution in [-0.2, 0) is 11.3 Å². The number of ether oxygens (including phenoxy) is 1. The van der Waals surface area contributed by atoms with E-state index in [1.807, 2.05) is 17.0 Å². The molecule has 0 spiro atoms. The first-order valence-electron chi connectivity index (χ1n) is 9.59. The molecule has 3 rings (SSSR count). The molecule has 0 atom stereocenters. The first kappa shape index (κ1) is 19.1. The number of carbonyl (C=O) groups is 1. The summed E-state index contributed by atoms with van der Waals surface area (Å²) >= 11 is 0. The summed E-state index contributed by atoms with van der Waals surface area (Å²) in [4.78, 5) is 16.8. The van der Waals surface area contributed by atoms with Gasteiger partial charge in [0.05, 0.1) is 6.61 Å². The highest BCUT2D eigenvalue weighted by atomic mass is 19.1. The smallest absolute Gasteiger partial charge is 0.317 e. The van der Waals surface area contributed by atoms with E-state index in [0.29, 0.717) is 6.54 Å². The molecule has 5 nitrogen and oxygen atoms in total. The summed E-state index contributed by atoms with van der Waals surface area (Å²) in [6.07, 6.45) is 4.44. The fraction of sp³-hybridized carbons (Fsp3) is 0.650. The molecule has 1 saturated carbocycles. The Labute approximate surface area is 155 Å². The maximum Gasteiger partial charge on any atom is 0.317 e. The lowest BCUT2D eigenvalue weighted by molar-refractivity contribution is 0.0191. The average Bonchev–Trinajstić information content (AvgIpc) is 2.84. The van der Waals surface area contributed by atoms with Crippen molar-refractivity contribution in [1.82, 2.24) is 15.1 Å². The van der Waals surface area contributed by atoms with Gasteiger partial charge in [-0.15, -0.1) is 0 Å². The van der Waals surface area contributed by atoms with E-state index < -0.39 is 0 Å². The zero-order chi connectivity index (χ0) is 18.4. The number of methoxy groups -OCH3 is 1. The molecule has 0 bridgehead atoms. The molecule has 1 saturated heterocycles. The lowest BCUT2D eigenvalue weighted by atomic mass is 9.69. The van der Waals surface area contributed by atoms with Gasteiger partial charge in [0.15, 0.2) is 0 Å². The Balaban J connectivity index is 1.45. The molecule has 0 aromatic heterocycles. The summed E-state index contributed by atoms with van der Waals surface area (Å²) in [7, 11) is 1.73. The van der Waals surface area contributed by atoms with Gasteiger partial charge >= 0.3 is 6.03 Å². The van der Waals surface area contributed by atoms with Gasteiger partial charge < -0.3 is 15.0 Å². The molecular weight excluding hydrogens is 333 g/mol. The first-order chi connectivity index (χ1) is 12.6. The zero-order valence-corrected chi connectivity index (χ0v) is 15.7. The Morgan fingerprint density at radius 2 is 1.92 bits per heavy atom. The van der Waals surface area contributed by atoms with Crippen LogP contribution in [-0.4, -0.2) is 62.3 Å². The Morgan fingerprint density at radius 3 is 2.58 bits per heavy atom. The van der Waals surface area contributed by atoms with Crippen molar-refractivity contribution in [2.75, 3.05) is 46.4 Å². The molecule has 1 heterocycles. The van der Waals surface area contributed by atoms with E-state index in [1.54, 1.807) is 7.11 Å². The van der Waals surface area contributed by atoms with Gasteiger partial charge in [0.2, 0.25) is 0 Å². The average molecular weight is 363 g/mol. The number of nitrogens with zero attached hydrogens (tertiary/aromatic N) is 2. The molecule has 2 aliphatic rings. The number of benzene rings is 1. The fourth-order valence-electron chi connectivity index (χ4n) is 3.91. The highest BCUT2D eigenvalue weighted by Gasteiger charge is 2.37. The van der Waals surface area contributed by atoms with Crippen LogP contribution in [0.3, 0.4) is 0 Å². The molecule has 1 N–H and O–H groups in total. The van der Waals surface area contributed by atoms with Crippen molar-refractivity contribution in [3.8, 4) is 0 Å². The van der Waals surface area contributed by atoms with E-state index in [0.717, 1.165) is 64.2 Å². The topological polar surface area (TPSA) is 44.8 Å². The highest BCUT2D eigenvalue weighted by molar-refractivity contribution is 5.74. The van der Waals surface area contributed by atoms with Gasteiger partial charge in [0, 0.05) is 51.8 Å². The van der Waals surface area contributed by atoms with Crippen molar-refractivity contribution in [3.05, 3.63) is 35.6 Å². The quantitative estimate of drug-likeness (QED) is 0.845. The summed E-state index contributed by atoms with van der Waals surface area (Å²) < 4.78 is 18.4. The lowest BCUT2D eigenvalue weighted by Crippen LogP contribution is -2.49. The van der Waals surface area contributed by atoms with E-state index >= 15 is 0 Å². The first-order valence-corrected chi connectivity index (χ1v) is 9.59. The van der Waals surface area contributed by atoms with Crippen molar-refractivity contribution < 1.29 is 13.9 Å². The van der Waals surface area contributed by atoms with Crippen molar-refractivity contribution in [2.45, 2.75) is 32.2 Å². The van der Waals surface area contributed by atoms with Gasteiger partial charge in [0.1, 0.15) is 5.82 Å². The number of rotatable bonds is 6. The van der Waals surface area contributed by atoms with Crippen LogP contribution in [0.15, 0.2) is 24.3 Å². The normalized spacial score (nSPS) is 20.3. The van der Waals surface area contributed by atoms with Crippen LogP contribution in [0.25, 0.3) is 0 Å². The fourth-order valence-corrected chi connectivity index (χ4v) is 3.91. The van der Waals surface area contributed by atoms with Crippen LogP contribution >= 0.6 is 0 Å². The summed E-state index contributed by atoms with van der Waals surface area (Å²) in [5.41, 5.74) is 1.25. The van der Waals surface area contributed by atoms with Crippen LogP contribution in [0.2, 0.25) is 0 Å². The summed E-state index contributed by atoms with van der Waals surface area (Å²) in [6, 6.07) is 6.71. The van der Waals surface area contributed by atoms with Crippen LogP contribution in [0.4, 0.5) is 9.18 Å².